The number of amides is 3. The van der Waals surface area contributed by atoms with Crippen molar-refractivity contribution in [3.05, 3.63) is 65.7 Å². The second kappa shape index (κ2) is 8.69. The van der Waals surface area contributed by atoms with Crippen molar-refractivity contribution in [2.75, 3.05) is 5.32 Å². The van der Waals surface area contributed by atoms with Crippen LogP contribution in [0.4, 0.5) is 10.5 Å². The minimum Gasteiger partial charge on any atom is -0.330 e. The van der Waals surface area contributed by atoms with E-state index >= 15 is 0 Å². The van der Waals surface area contributed by atoms with E-state index in [4.69, 9.17) is 4.84 Å². The maximum Gasteiger partial charge on any atom is 0.339 e. The molecular formula is C18H21N3O3. The molecule has 0 aliphatic carbocycles. The lowest BCUT2D eigenvalue weighted by atomic mass is 10.1. The Morgan fingerprint density at radius 3 is 2.54 bits per heavy atom. The van der Waals surface area contributed by atoms with Crippen LogP contribution in [0.3, 0.4) is 0 Å². The van der Waals surface area contributed by atoms with Gasteiger partial charge in [0.25, 0.3) is 0 Å². The molecule has 3 N–H and O–H groups in total. The van der Waals surface area contributed by atoms with Gasteiger partial charge in [-0.25, -0.2) is 10.3 Å². The van der Waals surface area contributed by atoms with Gasteiger partial charge >= 0.3 is 6.03 Å². The fourth-order valence-corrected chi connectivity index (χ4v) is 2.16. The van der Waals surface area contributed by atoms with E-state index in [9.17, 15) is 9.59 Å². The van der Waals surface area contributed by atoms with Gasteiger partial charge in [0.2, 0.25) is 5.91 Å². The second-order valence-corrected chi connectivity index (χ2v) is 5.38. The molecule has 6 heteroatoms. The van der Waals surface area contributed by atoms with Crippen molar-refractivity contribution in [3.8, 4) is 0 Å². The highest BCUT2D eigenvalue weighted by atomic mass is 16.7. The normalized spacial score (nSPS) is 11.4. The van der Waals surface area contributed by atoms with Gasteiger partial charge in [-0.2, -0.15) is 0 Å². The van der Waals surface area contributed by atoms with Gasteiger partial charge in [0, 0.05) is 12.6 Å². The van der Waals surface area contributed by atoms with E-state index in [0.29, 0.717) is 12.3 Å². The highest BCUT2D eigenvalue weighted by Crippen LogP contribution is 2.17. The third-order valence-electron chi connectivity index (χ3n) is 3.30. The average molecular weight is 327 g/mol. The van der Waals surface area contributed by atoms with E-state index < -0.39 is 6.03 Å². The quantitative estimate of drug-likeness (QED) is 0.713. The highest BCUT2D eigenvalue weighted by molar-refractivity contribution is 5.88. The summed E-state index contributed by atoms with van der Waals surface area (Å²) in [4.78, 5) is 28.1. The molecule has 2 aromatic rings. The maximum absolute atomic E-state index is 11.9. The standard InChI is InChI=1S/C18H21N3O3/c1-13(16-9-6-10-17(11-16)20-14(2)22)19-18(23)21-24-12-15-7-4-3-5-8-15/h3-11,13H,12H2,1-2H3,(H,20,22)(H2,19,21,23). The van der Waals surface area contributed by atoms with E-state index in [1.54, 1.807) is 6.07 Å². The van der Waals surface area contributed by atoms with Crippen molar-refractivity contribution in [1.82, 2.24) is 10.8 Å². The molecule has 6 nitrogen and oxygen atoms in total. The Balaban J connectivity index is 1.81. The fourth-order valence-electron chi connectivity index (χ4n) is 2.16. The van der Waals surface area contributed by atoms with Gasteiger partial charge in [-0.1, -0.05) is 42.5 Å². The summed E-state index contributed by atoms with van der Waals surface area (Å²) in [6.07, 6.45) is 0. The highest BCUT2D eigenvalue weighted by Gasteiger charge is 2.10. The van der Waals surface area contributed by atoms with Gasteiger partial charge < -0.3 is 10.6 Å². The number of hydrogen-bond donors (Lipinski definition) is 3. The molecule has 126 valence electrons. The summed E-state index contributed by atoms with van der Waals surface area (Å²) in [6.45, 7) is 3.59. The Morgan fingerprint density at radius 1 is 1.08 bits per heavy atom. The van der Waals surface area contributed by atoms with E-state index in [1.165, 1.54) is 6.92 Å². The molecule has 0 aromatic heterocycles. The van der Waals surface area contributed by atoms with Crippen LogP contribution >= 0.6 is 0 Å². The summed E-state index contributed by atoms with van der Waals surface area (Å²) in [5, 5.41) is 5.49. The molecule has 0 aliphatic heterocycles. The molecule has 0 fully saturated rings. The molecular weight excluding hydrogens is 306 g/mol. The Labute approximate surface area is 141 Å². The average Bonchev–Trinajstić information content (AvgIpc) is 2.55. The van der Waals surface area contributed by atoms with Crippen LogP contribution in [-0.4, -0.2) is 11.9 Å². The third-order valence-corrected chi connectivity index (χ3v) is 3.30. The van der Waals surface area contributed by atoms with Crippen LogP contribution in [0.2, 0.25) is 0 Å². The summed E-state index contributed by atoms with van der Waals surface area (Å²) in [7, 11) is 0. The molecule has 0 saturated heterocycles. The van der Waals surface area contributed by atoms with Gasteiger partial charge in [-0.3, -0.25) is 9.63 Å². The number of hydroxylamine groups is 1. The SMILES string of the molecule is CC(=O)Nc1cccc(C(C)NC(=O)NOCc2ccccc2)c1. The zero-order valence-corrected chi connectivity index (χ0v) is 13.7. The molecule has 1 unspecified atom stereocenters. The number of hydrogen-bond acceptors (Lipinski definition) is 3. The summed E-state index contributed by atoms with van der Waals surface area (Å²) >= 11 is 0. The number of nitrogens with one attached hydrogen (secondary N) is 3. The van der Waals surface area contributed by atoms with Crippen molar-refractivity contribution in [3.63, 3.8) is 0 Å². The number of urea groups is 1. The van der Waals surface area contributed by atoms with Crippen LogP contribution in [0.1, 0.15) is 31.0 Å². The first-order chi connectivity index (χ1) is 11.5. The molecule has 0 bridgehead atoms. The number of carbonyl (C=O) groups excluding carboxylic acids is 2. The molecule has 0 spiro atoms. The van der Waals surface area contributed by atoms with Crippen LogP contribution in [0.25, 0.3) is 0 Å². The fraction of sp³-hybridized carbons (Fsp3) is 0.222. The largest absolute Gasteiger partial charge is 0.339 e. The number of anilines is 1. The first-order valence-corrected chi connectivity index (χ1v) is 7.64. The van der Waals surface area contributed by atoms with E-state index in [2.05, 4.69) is 16.1 Å². The van der Waals surface area contributed by atoms with Crippen molar-refractivity contribution in [2.24, 2.45) is 0 Å². The van der Waals surface area contributed by atoms with E-state index in [0.717, 1.165) is 11.1 Å². The zero-order valence-electron chi connectivity index (χ0n) is 13.7. The Morgan fingerprint density at radius 2 is 1.83 bits per heavy atom. The van der Waals surface area contributed by atoms with Gasteiger partial charge in [-0.15, -0.1) is 0 Å². The first-order valence-electron chi connectivity index (χ1n) is 7.64. The first kappa shape index (κ1) is 17.5. The Hall–Kier alpha value is -2.86. The topological polar surface area (TPSA) is 79.5 Å². The summed E-state index contributed by atoms with van der Waals surface area (Å²) in [6, 6.07) is 16.2. The minimum absolute atomic E-state index is 0.139. The van der Waals surface area contributed by atoms with Gasteiger partial charge in [0.1, 0.15) is 0 Å². The molecule has 0 radical (unpaired) electrons. The van der Waals surface area contributed by atoms with Crippen LogP contribution < -0.4 is 16.1 Å². The molecule has 1 atom stereocenters. The van der Waals surface area contributed by atoms with Gasteiger partial charge in [-0.05, 0) is 30.2 Å². The monoisotopic (exact) mass is 327 g/mol. The smallest absolute Gasteiger partial charge is 0.330 e. The minimum atomic E-state index is -0.427. The van der Waals surface area contributed by atoms with Crippen LogP contribution in [0.5, 0.6) is 0 Å². The van der Waals surface area contributed by atoms with E-state index in [1.807, 2.05) is 55.5 Å². The van der Waals surface area contributed by atoms with Crippen molar-refractivity contribution >= 4 is 17.6 Å². The van der Waals surface area contributed by atoms with Crippen molar-refractivity contribution < 1.29 is 14.4 Å². The lowest BCUT2D eigenvalue weighted by Crippen LogP contribution is -2.36. The van der Waals surface area contributed by atoms with Crippen LogP contribution in [0, 0.1) is 0 Å². The zero-order chi connectivity index (χ0) is 17.4. The van der Waals surface area contributed by atoms with Gasteiger partial charge in [0.05, 0.1) is 12.6 Å². The second-order valence-electron chi connectivity index (χ2n) is 5.38. The van der Waals surface area contributed by atoms with Gasteiger partial charge in [0.15, 0.2) is 0 Å². The van der Waals surface area contributed by atoms with Crippen molar-refractivity contribution in [1.29, 1.82) is 0 Å². The molecule has 2 aromatic carbocycles. The van der Waals surface area contributed by atoms with Crippen LogP contribution in [-0.2, 0) is 16.2 Å². The van der Waals surface area contributed by atoms with E-state index in [-0.39, 0.29) is 11.9 Å². The number of benzene rings is 2. The summed E-state index contributed by atoms with van der Waals surface area (Å²) in [5.41, 5.74) is 4.89. The molecule has 0 saturated carbocycles. The number of rotatable bonds is 6. The lowest BCUT2D eigenvalue weighted by molar-refractivity contribution is -0.114. The predicted molar refractivity (Wildman–Crippen MR) is 92.1 cm³/mol. The Bertz CT molecular complexity index is 689. The Kier molecular flexibility index (Phi) is 6.33. The lowest BCUT2D eigenvalue weighted by Gasteiger charge is -2.16. The van der Waals surface area contributed by atoms with Crippen LogP contribution in [0.15, 0.2) is 54.6 Å². The van der Waals surface area contributed by atoms with Crippen molar-refractivity contribution in [2.45, 2.75) is 26.5 Å². The summed E-state index contributed by atoms with van der Waals surface area (Å²) in [5.74, 6) is -0.139. The number of carbonyl (C=O) groups is 2. The molecule has 0 heterocycles. The molecule has 2 rings (SSSR count). The third kappa shape index (κ3) is 5.73. The molecule has 24 heavy (non-hydrogen) atoms. The summed E-state index contributed by atoms with van der Waals surface area (Å²) < 4.78 is 0. The predicted octanol–water partition coefficient (Wildman–Crippen LogP) is 3.14. The molecule has 3 amide bonds. The molecule has 0 aliphatic rings. The maximum atomic E-state index is 11.9.